The zero-order chi connectivity index (χ0) is 30.1. The lowest BCUT2D eigenvalue weighted by Gasteiger charge is -2.30. The highest BCUT2D eigenvalue weighted by Gasteiger charge is 2.27. The third-order valence-corrected chi connectivity index (χ3v) is 9.18. The normalized spacial score (nSPS) is 11.9. The van der Waals surface area contributed by atoms with Crippen LogP contribution in [0.5, 0.6) is 11.5 Å². The van der Waals surface area contributed by atoms with Crippen LogP contribution in [0.4, 0.5) is 0 Å². The van der Waals surface area contributed by atoms with Crippen molar-refractivity contribution in [1.29, 1.82) is 0 Å². The lowest BCUT2D eigenvalue weighted by Crippen LogP contribution is -2.21. The number of benzene rings is 2. The minimum absolute atomic E-state index is 0.214. The first-order valence-electron chi connectivity index (χ1n) is 17.5. The third-order valence-electron chi connectivity index (χ3n) is 9.18. The van der Waals surface area contributed by atoms with Crippen molar-refractivity contribution >= 4 is 0 Å². The highest BCUT2D eigenvalue weighted by Crippen LogP contribution is 2.40. The van der Waals surface area contributed by atoms with Crippen LogP contribution in [0.15, 0.2) is 24.3 Å². The molecule has 2 N–H and O–H groups in total. The molecule has 232 valence electrons. The number of unbranched alkanes of at least 4 members (excludes halogenated alkanes) is 12. The maximum atomic E-state index is 11.3. The molecule has 0 fully saturated rings. The van der Waals surface area contributed by atoms with Crippen molar-refractivity contribution in [2.75, 3.05) is 0 Å². The molecule has 0 aromatic heterocycles. The fourth-order valence-corrected chi connectivity index (χ4v) is 6.14. The molecular formula is C39H64O2. The van der Waals surface area contributed by atoms with Gasteiger partial charge in [0.1, 0.15) is 11.5 Å². The lowest BCUT2D eigenvalue weighted by molar-refractivity contribution is 0.455. The maximum absolute atomic E-state index is 11.3. The fraction of sp³-hybridized carbons (Fsp3) is 0.692. The van der Waals surface area contributed by atoms with Crippen molar-refractivity contribution in [3.63, 3.8) is 0 Å². The lowest BCUT2D eigenvalue weighted by atomic mass is 9.75. The average molecular weight is 565 g/mol. The molecule has 2 aromatic carbocycles. The van der Waals surface area contributed by atoms with Gasteiger partial charge in [0.15, 0.2) is 0 Å². The van der Waals surface area contributed by atoms with Crippen LogP contribution >= 0.6 is 0 Å². The van der Waals surface area contributed by atoms with E-state index in [1.54, 1.807) is 0 Å². The number of phenolic OH excluding ortho intramolecular Hbond substituents is 2. The number of hydrogen-bond acceptors (Lipinski definition) is 2. The molecule has 0 heterocycles. The molecule has 0 saturated heterocycles. The van der Waals surface area contributed by atoms with Crippen molar-refractivity contribution in [2.45, 2.75) is 175 Å². The number of rotatable bonds is 22. The highest BCUT2D eigenvalue weighted by atomic mass is 16.3. The topological polar surface area (TPSA) is 40.5 Å². The van der Waals surface area contributed by atoms with E-state index < -0.39 is 0 Å². The van der Waals surface area contributed by atoms with Gasteiger partial charge in [0, 0.05) is 5.41 Å². The van der Waals surface area contributed by atoms with Crippen LogP contribution in [-0.2, 0) is 31.1 Å². The summed E-state index contributed by atoms with van der Waals surface area (Å²) in [4.78, 5) is 0. The van der Waals surface area contributed by atoms with E-state index in [1.165, 1.54) is 88.2 Å². The molecule has 0 spiro atoms. The van der Waals surface area contributed by atoms with Crippen LogP contribution < -0.4 is 0 Å². The Bertz CT molecular complexity index is 857. The van der Waals surface area contributed by atoms with Crippen molar-refractivity contribution in [3.8, 4) is 11.5 Å². The predicted molar refractivity (Wildman–Crippen MR) is 180 cm³/mol. The molecule has 0 bridgehead atoms. The Kier molecular flexibility index (Phi) is 16.6. The van der Waals surface area contributed by atoms with E-state index >= 15 is 0 Å². The van der Waals surface area contributed by atoms with E-state index in [4.69, 9.17) is 0 Å². The summed E-state index contributed by atoms with van der Waals surface area (Å²) in [6, 6.07) is 9.19. The van der Waals surface area contributed by atoms with E-state index in [1.807, 2.05) is 0 Å². The molecule has 0 aliphatic carbocycles. The van der Waals surface area contributed by atoms with Gasteiger partial charge in [0.05, 0.1) is 0 Å². The Morgan fingerprint density at radius 3 is 0.878 bits per heavy atom. The summed E-state index contributed by atoms with van der Waals surface area (Å²) in [5.74, 6) is 1.08. The number of aromatic hydroxyl groups is 2. The van der Waals surface area contributed by atoms with Crippen molar-refractivity contribution in [3.05, 3.63) is 57.6 Å². The van der Waals surface area contributed by atoms with E-state index in [0.29, 0.717) is 11.5 Å². The smallest absolute Gasteiger partial charge is 0.121 e. The van der Waals surface area contributed by atoms with Crippen LogP contribution in [-0.4, -0.2) is 10.2 Å². The maximum Gasteiger partial charge on any atom is 0.121 e. The number of aryl methyl sites for hydroxylation is 4. The van der Waals surface area contributed by atoms with Crippen LogP contribution in [0.3, 0.4) is 0 Å². The van der Waals surface area contributed by atoms with E-state index in [9.17, 15) is 10.2 Å². The molecule has 0 radical (unpaired) electrons. The first-order valence-corrected chi connectivity index (χ1v) is 17.5. The van der Waals surface area contributed by atoms with Crippen LogP contribution in [0.25, 0.3) is 0 Å². The van der Waals surface area contributed by atoms with Gasteiger partial charge in [-0.25, -0.2) is 0 Å². The van der Waals surface area contributed by atoms with Gasteiger partial charge in [-0.1, -0.05) is 143 Å². The molecule has 0 aliphatic rings. The Morgan fingerprint density at radius 2 is 0.659 bits per heavy atom. The van der Waals surface area contributed by atoms with Crippen molar-refractivity contribution in [2.24, 2.45) is 0 Å². The Balaban J connectivity index is 2.49. The van der Waals surface area contributed by atoms with Crippen molar-refractivity contribution in [1.82, 2.24) is 0 Å². The summed E-state index contributed by atoms with van der Waals surface area (Å²) in [5, 5.41) is 22.7. The molecule has 0 unspecified atom stereocenters. The summed E-state index contributed by atoms with van der Waals surface area (Å²) in [5.41, 5.74) is 6.86. The van der Waals surface area contributed by atoms with E-state index in [-0.39, 0.29) is 5.41 Å². The fourth-order valence-electron chi connectivity index (χ4n) is 6.14. The molecule has 0 aliphatic heterocycles. The van der Waals surface area contributed by atoms with Gasteiger partial charge in [0.2, 0.25) is 0 Å². The van der Waals surface area contributed by atoms with Crippen molar-refractivity contribution < 1.29 is 10.2 Å². The second kappa shape index (κ2) is 19.3. The molecular weight excluding hydrogens is 500 g/mol. The van der Waals surface area contributed by atoms with E-state index in [2.05, 4.69) is 65.8 Å². The number of hydrogen-bond donors (Lipinski definition) is 2. The first-order chi connectivity index (χ1) is 19.8. The Hall–Kier alpha value is -1.96. The molecule has 2 rings (SSSR count). The SMILES string of the molecule is CCCCCCc1cc(C(C)(C)c2cc(CCCCCC)c(O)c(CCCCCC)c2)cc(CCCCCC)c1O. The summed E-state index contributed by atoms with van der Waals surface area (Å²) in [6.45, 7) is 13.7. The standard InChI is InChI=1S/C39H64O2/c1-7-11-15-19-23-31-27-35(28-32(37(31)40)24-20-16-12-8-2)39(5,6)36-29-33(25-21-17-13-9-3)38(41)34(30-36)26-22-18-14-10-4/h27-30,40-41H,7-26H2,1-6H3. The first kappa shape index (κ1) is 35.2. The molecule has 2 aromatic rings. The molecule has 0 saturated carbocycles. The number of phenols is 2. The summed E-state index contributed by atoms with van der Waals surface area (Å²) in [6.07, 6.45) is 23.1. The summed E-state index contributed by atoms with van der Waals surface area (Å²) in [7, 11) is 0. The molecule has 0 amide bonds. The minimum atomic E-state index is -0.214. The zero-order valence-electron chi connectivity index (χ0n) is 27.8. The van der Waals surface area contributed by atoms with Crippen LogP contribution in [0, 0.1) is 0 Å². The minimum Gasteiger partial charge on any atom is -0.507 e. The van der Waals surface area contributed by atoms with Gasteiger partial charge in [-0.15, -0.1) is 0 Å². The molecule has 2 heteroatoms. The predicted octanol–water partition coefficient (Wildman–Crippen LogP) is 11.9. The summed E-state index contributed by atoms with van der Waals surface area (Å²) >= 11 is 0. The zero-order valence-corrected chi connectivity index (χ0v) is 27.8. The van der Waals surface area contributed by atoms with Crippen LogP contribution in [0.1, 0.15) is 178 Å². The largest absolute Gasteiger partial charge is 0.507 e. The second-order valence-corrected chi connectivity index (χ2v) is 13.2. The second-order valence-electron chi connectivity index (χ2n) is 13.2. The van der Waals surface area contributed by atoms with Gasteiger partial charge in [-0.3, -0.25) is 0 Å². The molecule has 41 heavy (non-hydrogen) atoms. The highest BCUT2D eigenvalue weighted by molar-refractivity contribution is 5.52. The van der Waals surface area contributed by atoms with Gasteiger partial charge in [-0.2, -0.15) is 0 Å². The molecule has 0 atom stereocenters. The van der Waals surface area contributed by atoms with Gasteiger partial charge in [-0.05, 0) is 84.7 Å². The van der Waals surface area contributed by atoms with Gasteiger partial charge in [0.25, 0.3) is 0 Å². The van der Waals surface area contributed by atoms with Gasteiger partial charge >= 0.3 is 0 Å². The Morgan fingerprint density at radius 1 is 0.415 bits per heavy atom. The Labute approximate surface area is 254 Å². The molecule has 2 nitrogen and oxygen atoms in total. The summed E-state index contributed by atoms with van der Waals surface area (Å²) < 4.78 is 0. The third kappa shape index (κ3) is 11.3. The van der Waals surface area contributed by atoms with Gasteiger partial charge < -0.3 is 10.2 Å². The quantitative estimate of drug-likeness (QED) is 0.140. The van der Waals surface area contributed by atoms with E-state index in [0.717, 1.165) is 73.6 Å². The van der Waals surface area contributed by atoms with Crippen LogP contribution in [0.2, 0.25) is 0 Å². The average Bonchev–Trinajstić information content (AvgIpc) is 2.96. The monoisotopic (exact) mass is 564 g/mol.